The van der Waals surface area contributed by atoms with Crippen LogP contribution in [0.15, 0.2) is 42.7 Å². The average Bonchev–Trinajstić information content (AvgIpc) is 2.74. The molecule has 7 heteroatoms. The van der Waals surface area contributed by atoms with Crippen molar-refractivity contribution < 1.29 is 4.79 Å². The van der Waals surface area contributed by atoms with Gasteiger partial charge in [0.15, 0.2) is 0 Å². The summed E-state index contributed by atoms with van der Waals surface area (Å²) in [4.78, 5) is 25.6. The van der Waals surface area contributed by atoms with Crippen LogP contribution in [0.5, 0.6) is 0 Å². The Morgan fingerprint density at radius 3 is 2.52 bits per heavy atom. The summed E-state index contributed by atoms with van der Waals surface area (Å²) in [5.74, 6) is 0.804. The largest absolute Gasteiger partial charge is 0.387 e. The van der Waals surface area contributed by atoms with Gasteiger partial charge in [-0.15, -0.1) is 0 Å². The van der Waals surface area contributed by atoms with E-state index in [4.69, 9.17) is 0 Å². The number of nitrogens with zero attached hydrogens (tertiary/aromatic N) is 4. The molecule has 2 heterocycles. The Morgan fingerprint density at radius 1 is 1.04 bits per heavy atom. The van der Waals surface area contributed by atoms with Gasteiger partial charge in [0.05, 0.1) is 5.56 Å². The molecule has 1 saturated heterocycles. The highest BCUT2D eigenvalue weighted by atomic mass is 16.1. The fourth-order valence-electron chi connectivity index (χ4n) is 3.28. The van der Waals surface area contributed by atoms with Gasteiger partial charge in [0.2, 0.25) is 5.95 Å². The number of hydrogen-bond acceptors (Lipinski definition) is 6. The summed E-state index contributed by atoms with van der Waals surface area (Å²) in [7, 11) is 1.83. The van der Waals surface area contributed by atoms with Gasteiger partial charge < -0.3 is 15.5 Å². The highest BCUT2D eigenvalue weighted by Crippen LogP contribution is 2.14. The maximum Gasteiger partial charge on any atom is 0.253 e. The summed E-state index contributed by atoms with van der Waals surface area (Å²) in [5, 5.41) is 6.07. The zero-order valence-corrected chi connectivity index (χ0v) is 15.9. The first-order valence-electron chi connectivity index (χ1n) is 9.57. The number of amides is 1. The zero-order valence-electron chi connectivity index (χ0n) is 15.9. The fourth-order valence-corrected chi connectivity index (χ4v) is 3.28. The molecule has 1 aromatic carbocycles. The Hall–Kier alpha value is -2.67. The van der Waals surface area contributed by atoms with Crippen LogP contribution in [0.2, 0.25) is 0 Å². The third kappa shape index (κ3) is 5.40. The second-order valence-corrected chi connectivity index (χ2v) is 6.64. The van der Waals surface area contributed by atoms with E-state index in [9.17, 15) is 4.79 Å². The highest BCUT2D eigenvalue weighted by Gasteiger charge is 2.18. The molecule has 0 saturated carbocycles. The molecular formula is C20H28N6O. The van der Waals surface area contributed by atoms with E-state index in [1.165, 1.54) is 0 Å². The van der Waals surface area contributed by atoms with Crippen LogP contribution in [0.25, 0.3) is 0 Å². The van der Waals surface area contributed by atoms with Gasteiger partial charge in [-0.2, -0.15) is 0 Å². The fraction of sp³-hybridized carbons (Fsp3) is 0.450. The first-order valence-corrected chi connectivity index (χ1v) is 9.57. The molecule has 7 nitrogen and oxygen atoms in total. The summed E-state index contributed by atoms with van der Waals surface area (Å²) in [6.07, 6.45) is 5.64. The van der Waals surface area contributed by atoms with Crippen LogP contribution in [0.3, 0.4) is 0 Å². The van der Waals surface area contributed by atoms with Crippen molar-refractivity contribution in [3.05, 3.63) is 48.3 Å². The van der Waals surface area contributed by atoms with Gasteiger partial charge >= 0.3 is 0 Å². The molecule has 0 unspecified atom stereocenters. The molecule has 1 aromatic heterocycles. The number of carbonyl (C=O) groups excluding carboxylic acids is 1. The summed E-state index contributed by atoms with van der Waals surface area (Å²) >= 11 is 0. The van der Waals surface area contributed by atoms with Crippen molar-refractivity contribution in [3.8, 4) is 0 Å². The molecule has 0 radical (unpaired) electrons. The number of benzene rings is 1. The van der Waals surface area contributed by atoms with Crippen molar-refractivity contribution in [3.63, 3.8) is 0 Å². The smallest absolute Gasteiger partial charge is 0.253 e. The van der Waals surface area contributed by atoms with Crippen LogP contribution in [-0.4, -0.2) is 67.1 Å². The van der Waals surface area contributed by atoms with Crippen LogP contribution in [-0.2, 0) is 0 Å². The Morgan fingerprint density at radius 2 is 1.78 bits per heavy atom. The van der Waals surface area contributed by atoms with Gasteiger partial charge in [0.25, 0.3) is 5.91 Å². The molecule has 27 heavy (non-hydrogen) atoms. The molecule has 1 fully saturated rings. The van der Waals surface area contributed by atoms with E-state index in [1.54, 1.807) is 12.4 Å². The van der Waals surface area contributed by atoms with Crippen molar-refractivity contribution in [2.45, 2.75) is 12.8 Å². The van der Waals surface area contributed by atoms with Crippen molar-refractivity contribution in [1.29, 1.82) is 0 Å². The lowest BCUT2D eigenvalue weighted by molar-refractivity contribution is 0.0953. The predicted octanol–water partition coefficient (Wildman–Crippen LogP) is 1.85. The number of rotatable bonds is 8. The maximum absolute atomic E-state index is 12.3. The van der Waals surface area contributed by atoms with E-state index in [-0.39, 0.29) is 5.91 Å². The summed E-state index contributed by atoms with van der Waals surface area (Å²) in [6, 6.07) is 9.41. The number of para-hydroxylation sites is 1. The lowest BCUT2D eigenvalue weighted by Crippen LogP contribution is -2.47. The van der Waals surface area contributed by atoms with Crippen LogP contribution in [0.4, 0.5) is 11.6 Å². The molecule has 2 N–H and O–H groups in total. The first-order chi connectivity index (χ1) is 13.3. The van der Waals surface area contributed by atoms with Crippen molar-refractivity contribution in [2.75, 3.05) is 56.5 Å². The molecular weight excluding hydrogens is 340 g/mol. The standard InChI is InChI=1S/C20H28N6O/c1-21-18-8-3-2-7-17(18)19(27)22-9-4-5-12-25-13-15-26(16-14-25)20-23-10-6-11-24-20/h2-3,6-8,10-11,21H,4-5,9,12-16H2,1H3,(H,22,27). The van der Waals surface area contributed by atoms with Crippen molar-refractivity contribution in [1.82, 2.24) is 20.2 Å². The quantitative estimate of drug-likeness (QED) is 0.693. The second kappa shape index (κ2) is 9.87. The van der Waals surface area contributed by atoms with E-state index in [1.807, 2.05) is 37.4 Å². The SMILES string of the molecule is CNc1ccccc1C(=O)NCCCCN1CCN(c2ncccn2)CC1. The van der Waals surface area contributed by atoms with Gasteiger partial charge in [0.1, 0.15) is 0 Å². The lowest BCUT2D eigenvalue weighted by Gasteiger charge is -2.34. The van der Waals surface area contributed by atoms with Crippen molar-refractivity contribution >= 4 is 17.5 Å². The molecule has 0 spiro atoms. The maximum atomic E-state index is 12.3. The molecule has 0 atom stereocenters. The second-order valence-electron chi connectivity index (χ2n) is 6.64. The summed E-state index contributed by atoms with van der Waals surface area (Å²) in [6.45, 7) is 5.74. The molecule has 1 aliphatic rings. The van der Waals surface area contributed by atoms with Gasteiger partial charge in [-0.1, -0.05) is 12.1 Å². The normalized spacial score (nSPS) is 14.8. The van der Waals surface area contributed by atoms with Gasteiger partial charge in [-0.3, -0.25) is 9.69 Å². The summed E-state index contributed by atoms with van der Waals surface area (Å²) < 4.78 is 0. The molecule has 1 aliphatic heterocycles. The van der Waals surface area contributed by atoms with Crippen LogP contribution in [0.1, 0.15) is 23.2 Å². The van der Waals surface area contributed by atoms with Gasteiger partial charge in [-0.05, 0) is 37.6 Å². The Kier molecular flexibility index (Phi) is 6.98. The molecule has 144 valence electrons. The third-order valence-electron chi connectivity index (χ3n) is 4.83. The third-order valence-corrected chi connectivity index (χ3v) is 4.83. The van der Waals surface area contributed by atoms with Crippen LogP contribution < -0.4 is 15.5 Å². The number of aromatic nitrogens is 2. The number of piperazine rings is 1. The first kappa shape index (κ1) is 19.1. The lowest BCUT2D eigenvalue weighted by atomic mass is 10.1. The number of unbranched alkanes of at least 4 members (excludes halogenated alkanes) is 1. The predicted molar refractivity (Wildman–Crippen MR) is 108 cm³/mol. The minimum atomic E-state index is -0.0172. The average molecular weight is 368 g/mol. The van der Waals surface area contributed by atoms with Crippen LogP contribution in [0, 0.1) is 0 Å². The van der Waals surface area contributed by atoms with Gasteiger partial charge in [-0.25, -0.2) is 9.97 Å². The van der Waals surface area contributed by atoms with E-state index < -0.39 is 0 Å². The highest BCUT2D eigenvalue weighted by molar-refractivity contribution is 5.99. The van der Waals surface area contributed by atoms with E-state index in [0.717, 1.165) is 57.2 Å². The minimum Gasteiger partial charge on any atom is -0.387 e. The van der Waals surface area contributed by atoms with Crippen LogP contribution >= 0.6 is 0 Å². The Bertz CT molecular complexity index is 715. The van der Waals surface area contributed by atoms with E-state index in [2.05, 4.69) is 30.4 Å². The molecule has 0 aliphatic carbocycles. The molecule has 0 bridgehead atoms. The van der Waals surface area contributed by atoms with E-state index >= 15 is 0 Å². The number of anilines is 2. The zero-order chi connectivity index (χ0) is 18.9. The topological polar surface area (TPSA) is 73.4 Å². The number of nitrogens with one attached hydrogen (secondary N) is 2. The van der Waals surface area contributed by atoms with Crippen molar-refractivity contribution in [2.24, 2.45) is 0 Å². The molecule has 2 aromatic rings. The Labute approximate surface area is 160 Å². The molecule has 1 amide bonds. The molecule has 3 rings (SSSR count). The minimum absolute atomic E-state index is 0.0172. The van der Waals surface area contributed by atoms with Gasteiger partial charge in [0, 0.05) is 57.9 Å². The van der Waals surface area contributed by atoms with E-state index in [0.29, 0.717) is 12.1 Å². The Balaban J connectivity index is 1.31. The number of carbonyl (C=O) groups is 1. The number of hydrogen-bond donors (Lipinski definition) is 2. The monoisotopic (exact) mass is 368 g/mol. The summed E-state index contributed by atoms with van der Waals surface area (Å²) in [5.41, 5.74) is 1.55.